The predicted molar refractivity (Wildman–Crippen MR) is 65.7 cm³/mol. The predicted octanol–water partition coefficient (Wildman–Crippen LogP) is 2.89. The fourth-order valence-electron chi connectivity index (χ4n) is 1.88. The van der Waals surface area contributed by atoms with E-state index in [0.717, 1.165) is 23.6 Å². The standard InChI is InChI=1S/C12H15ClN2/c1-8-4-3-5-9-10(6-7-14-2)12(13)15-11(8)9/h3-5,14-15H,6-7H2,1-2H3. The van der Waals surface area contributed by atoms with Crippen molar-refractivity contribution >= 4 is 22.5 Å². The van der Waals surface area contributed by atoms with Gasteiger partial charge in [-0.1, -0.05) is 29.8 Å². The van der Waals surface area contributed by atoms with Gasteiger partial charge >= 0.3 is 0 Å². The number of halogens is 1. The van der Waals surface area contributed by atoms with Crippen LogP contribution in [0.1, 0.15) is 11.1 Å². The molecule has 0 atom stereocenters. The van der Waals surface area contributed by atoms with Gasteiger partial charge in [0.15, 0.2) is 0 Å². The smallest absolute Gasteiger partial charge is 0.110 e. The van der Waals surface area contributed by atoms with Crippen LogP contribution in [0.15, 0.2) is 18.2 Å². The summed E-state index contributed by atoms with van der Waals surface area (Å²) in [5, 5.41) is 5.16. The molecule has 3 heteroatoms. The molecule has 2 aromatic rings. The zero-order valence-electron chi connectivity index (χ0n) is 9.02. The van der Waals surface area contributed by atoms with Gasteiger partial charge in [0.2, 0.25) is 0 Å². The molecule has 0 fully saturated rings. The van der Waals surface area contributed by atoms with Crippen LogP contribution in [0.2, 0.25) is 5.15 Å². The second kappa shape index (κ2) is 4.25. The number of likely N-dealkylation sites (N-methyl/N-ethyl adjacent to an activating group) is 1. The summed E-state index contributed by atoms with van der Waals surface area (Å²) >= 11 is 6.19. The second-order valence-corrected chi connectivity index (χ2v) is 4.15. The number of H-pyrrole nitrogens is 1. The molecule has 15 heavy (non-hydrogen) atoms. The lowest BCUT2D eigenvalue weighted by atomic mass is 10.1. The molecule has 0 radical (unpaired) electrons. The number of hydrogen-bond donors (Lipinski definition) is 2. The van der Waals surface area contributed by atoms with Crippen LogP contribution in [0.25, 0.3) is 10.9 Å². The van der Waals surface area contributed by atoms with Crippen LogP contribution in [0, 0.1) is 6.92 Å². The molecule has 1 aromatic heterocycles. The molecule has 2 N–H and O–H groups in total. The van der Waals surface area contributed by atoms with Crippen molar-refractivity contribution in [2.24, 2.45) is 0 Å². The van der Waals surface area contributed by atoms with Crippen LogP contribution < -0.4 is 5.32 Å². The van der Waals surface area contributed by atoms with Crippen LogP contribution in [-0.4, -0.2) is 18.6 Å². The van der Waals surface area contributed by atoms with Crippen LogP contribution in [-0.2, 0) is 6.42 Å². The molecule has 1 aromatic carbocycles. The first-order chi connectivity index (χ1) is 7.24. The maximum Gasteiger partial charge on any atom is 0.110 e. The topological polar surface area (TPSA) is 27.8 Å². The Hall–Kier alpha value is -0.990. The molecule has 0 bridgehead atoms. The summed E-state index contributed by atoms with van der Waals surface area (Å²) in [6.07, 6.45) is 0.957. The lowest BCUT2D eigenvalue weighted by Gasteiger charge is -2.00. The number of fused-ring (bicyclic) bond motifs is 1. The van der Waals surface area contributed by atoms with Crippen molar-refractivity contribution in [1.82, 2.24) is 10.3 Å². The summed E-state index contributed by atoms with van der Waals surface area (Å²) in [6, 6.07) is 6.29. The Kier molecular flexibility index (Phi) is 2.98. The van der Waals surface area contributed by atoms with Crippen LogP contribution in [0.5, 0.6) is 0 Å². The minimum Gasteiger partial charge on any atom is -0.345 e. The quantitative estimate of drug-likeness (QED) is 0.821. The molecule has 2 nitrogen and oxygen atoms in total. The highest BCUT2D eigenvalue weighted by Crippen LogP contribution is 2.28. The molecular formula is C12H15ClN2. The Labute approximate surface area is 94.6 Å². The van der Waals surface area contributed by atoms with Gasteiger partial charge in [0.1, 0.15) is 5.15 Å². The van der Waals surface area contributed by atoms with Crippen molar-refractivity contribution in [3.63, 3.8) is 0 Å². The zero-order chi connectivity index (χ0) is 10.8. The normalized spacial score (nSPS) is 11.1. The number of nitrogens with one attached hydrogen (secondary N) is 2. The molecule has 2 rings (SSSR count). The van der Waals surface area contributed by atoms with Gasteiger partial charge in [-0.25, -0.2) is 0 Å². The molecular weight excluding hydrogens is 208 g/mol. The highest BCUT2D eigenvalue weighted by atomic mass is 35.5. The zero-order valence-corrected chi connectivity index (χ0v) is 9.78. The molecule has 0 amide bonds. The van der Waals surface area contributed by atoms with E-state index < -0.39 is 0 Å². The highest BCUT2D eigenvalue weighted by Gasteiger charge is 2.09. The van der Waals surface area contributed by atoms with E-state index in [9.17, 15) is 0 Å². The minimum absolute atomic E-state index is 0.773. The van der Waals surface area contributed by atoms with Crippen LogP contribution in [0.4, 0.5) is 0 Å². The number of aromatic amines is 1. The number of hydrogen-bond acceptors (Lipinski definition) is 1. The van der Waals surface area contributed by atoms with E-state index >= 15 is 0 Å². The first-order valence-electron chi connectivity index (χ1n) is 5.14. The van der Waals surface area contributed by atoms with E-state index in [4.69, 9.17) is 11.6 Å². The average molecular weight is 223 g/mol. The van der Waals surface area contributed by atoms with E-state index in [1.807, 2.05) is 7.05 Å². The van der Waals surface area contributed by atoms with Crippen molar-refractivity contribution in [2.45, 2.75) is 13.3 Å². The first-order valence-corrected chi connectivity index (χ1v) is 5.52. The number of benzene rings is 1. The van der Waals surface area contributed by atoms with Gasteiger partial charge in [-0.3, -0.25) is 0 Å². The molecule has 0 aliphatic heterocycles. The monoisotopic (exact) mass is 222 g/mol. The van der Waals surface area contributed by atoms with Gasteiger partial charge in [-0.15, -0.1) is 0 Å². The van der Waals surface area contributed by atoms with E-state index in [-0.39, 0.29) is 0 Å². The Morgan fingerprint density at radius 2 is 2.20 bits per heavy atom. The van der Waals surface area contributed by atoms with E-state index in [2.05, 4.69) is 35.4 Å². The highest BCUT2D eigenvalue weighted by molar-refractivity contribution is 6.31. The summed E-state index contributed by atoms with van der Waals surface area (Å²) in [5.41, 5.74) is 3.61. The van der Waals surface area contributed by atoms with E-state index in [0.29, 0.717) is 0 Å². The van der Waals surface area contributed by atoms with Gasteiger partial charge in [-0.2, -0.15) is 0 Å². The molecule has 80 valence electrons. The van der Waals surface area contributed by atoms with Crippen LogP contribution >= 0.6 is 11.6 Å². The Bertz CT molecular complexity index is 474. The number of para-hydroxylation sites is 1. The maximum absolute atomic E-state index is 6.19. The summed E-state index contributed by atoms with van der Waals surface area (Å²) in [5.74, 6) is 0. The SMILES string of the molecule is CNCCc1c(Cl)[nH]c2c(C)cccc12. The third-order valence-corrected chi connectivity index (χ3v) is 3.05. The molecule has 0 unspecified atom stereocenters. The van der Waals surface area contributed by atoms with Gasteiger partial charge in [-0.05, 0) is 38.1 Å². The van der Waals surface area contributed by atoms with Crippen molar-refractivity contribution in [3.8, 4) is 0 Å². The largest absolute Gasteiger partial charge is 0.345 e. The van der Waals surface area contributed by atoms with Crippen molar-refractivity contribution in [1.29, 1.82) is 0 Å². The van der Waals surface area contributed by atoms with Gasteiger partial charge < -0.3 is 10.3 Å². The molecule has 0 saturated heterocycles. The lowest BCUT2D eigenvalue weighted by molar-refractivity contribution is 0.795. The van der Waals surface area contributed by atoms with Crippen molar-refractivity contribution < 1.29 is 0 Å². The summed E-state index contributed by atoms with van der Waals surface area (Å²) in [4.78, 5) is 3.24. The summed E-state index contributed by atoms with van der Waals surface area (Å²) in [7, 11) is 1.95. The Morgan fingerprint density at radius 3 is 2.93 bits per heavy atom. The molecule has 0 saturated carbocycles. The Morgan fingerprint density at radius 1 is 1.40 bits per heavy atom. The molecule has 0 aliphatic carbocycles. The molecule has 1 heterocycles. The first kappa shape index (κ1) is 10.5. The van der Waals surface area contributed by atoms with E-state index in [1.54, 1.807) is 0 Å². The van der Waals surface area contributed by atoms with Gasteiger partial charge in [0.25, 0.3) is 0 Å². The third-order valence-electron chi connectivity index (χ3n) is 2.72. The van der Waals surface area contributed by atoms with Crippen molar-refractivity contribution in [3.05, 3.63) is 34.5 Å². The Balaban J connectivity index is 2.53. The minimum atomic E-state index is 0.773. The number of rotatable bonds is 3. The number of aryl methyl sites for hydroxylation is 1. The van der Waals surface area contributed by atoms with Crippen molar-refractivity contribution in [2.75, 3.05) is 13.6 Å². The van der Waals surface area contributed by atoms with Gasteiger partial charge in [0.05, 0.1) is 0 Å². The molecule has 0 aliphatic rings. The third kappa shape index (κ3) is 1.87. The fourth-order valence-corrected chi connectivity index (χ4v) is 2.17. The average Bonchev–Trinajstić information content (AvgIpc) is 2.54. The summed E-state index contributed by atoms with van der Waals surface area (Å²) in [6.45, 7) is 3.04. The molecule has 0 spiro atoms. The van der Waals surface area contributed by atoms with Gasteiger partial charge in [0, 0.05) is 10.9 Å². The van der Waals surface area contributed by atoms with E-state index in [1.165, 1.54) is 16.5 Å². The summed E-state index contributed by atoms with van der Waals surface area (Å²) < 4.78 is 0. The fraction of sp³-hybridized carbons (Fsp3) is 0.333. The number of aromatic nitrogens is 1. The van der Waals surface area contributed by atoms with Crippen LogP contribution in [0.3, 0.4) is 0 Å². The lowest BCUT2D eigenvalue weighted by Crippen LogP contribution is -2.10. The maximum atomic E-state index is 6.19. The second-order valence-electron chi connectivity index (χ2n) is 3.77.